The summed E-state index contributed by atoms with van der Waals surface area (Å²) in [5.41, 5.74) is 1.75. The van der Waals surface area contributed by atoms with E-state index in [1.54, 1.807) is 60.7 Å². The Morgan fingerprint density at radius 1 is 0.895 bits per heavy atom. The predicted molar refractivity (Wildman–Crippen MR) is 146 cm³/mol. The summed E-state index contributed by atoms with van der Waals surface area (Å²) in [4.78, 5) is 12.7. The molecule has 1 heterocycles. The molecule has 1 aliphatic heterocycles. The van der Waals surface area contributed by atoms with Crippen molar-refractivity contribution in [3.8, 4) is 5.75 Å². The summed E-state index contributed by atoms with van der Waals surface area (Å²) in [5.74, 6) is 0.230. The minimum Gasteiger partial charge on any atom is -0.492 e. The quantitative estimate of drug-likeness (QED) is 0.362. The molecule has 1 saturated heterocycles. The van der Waals surface area contributed by atoms with Crippen LogP contribution in [-0.4, -0.2) is 59.5 Å². The summed E-state index contributed by atoms with van der Waals surface area (Å²) < 4.78 is 58.3. The lowest BCUT2D eigenvalue weighted by Crippen LogP contribution is -2.29. The van der Waals surface area contributed by atoms with E-state index in [1.807, 2.05) is 6.07 Å². The summed E-state index contributed by atoms with van der Waals surface area (Å²) in [5, 5.41) is 2.78. The van der Waals surface area contributed by atoms with Crippen molar-refractivity contribution in [2.24, 2.45) is 0 Å². The third-order valence-electron chi connectivity index (χ3n) is 6.17. The Labute approximate surface area is 224 Å². The van der Waals surface area contributed by atoms with Crippen molar-refractivity contribution in [3.05, 3.63) is 90.0 Å². The molecule has 3 aromatic rings. The van der Waals surface area contributed by atoms with E-state index in [0.717, 1.165) is 24.7 Å². The fourth-order valence-corrected chi connectivity index (χ4v) is 6.55. The monoisotopic (exact) mass is 557 g/mol. The summed E-state index contributed by atoms with van der Waals surface area (Å²) in [6, 6.07) is 21.9. The van der Waals surface area contributed by atoms with Crippen LogP contribution in [0.3, 0.4) is 0 Å². The highest BCUT2D eigenvalue weighted by atomic mass is 32.2. The predicted octanol–water partition coefficient (Wildman–Crippen LogP) is 3.25. The van der Waals surface area contributed by atoms with E-state index < -0.39 is 20.0 Å². The Bertz CT molecular complexity index is 1440. The van der Waals surface area contributed by atoms with E-state index in [2.05, 4.69) is 5.32 Å². The molecule has 0 aromatic heterocycles. The average molecular weight is 558 g/mol. The van der Waals surface area contributed by atoms with Gasteiger partial charge >= 0.3 is 0 Å². The number of carbonyl (C=O) groups is 1. The molecule has 11 heteroatoms. The second kappa shape index (κ2) is 12.0. The van der Waals surface area contributed by atoms with Crippen molar-refractivity contribution < 1.29 is 26.4 Å². The van der Waals surface area contributed by atoms with Crippen molar-refractivity contribution >= 4 is 31.6 Å². The molecule has 3 aromatic carbocycles. The van der Waals surface area contributed by atoms with Crippen molar-refractivity contribution in [1.82, 2.24) is 9.62 Å². The van der Waals surface area contributed by atoms with Gasteiger partial charge in [0.1, 0.15) is 12.4 Å². The van der Waals surface area contributed by atoms with E-state index >= 15 is 0 Å². The van der Waals surface area contributed by atoms with Gasteiger partial charge in [0.15, 0.2) is 0 Å². The molecular weight excluding hydrogens is 526 g/mol. The molecule has 0 spiro atoms. The highest BCUT2D eigenvalue weighted by Crippen LogP contribution is 2.23. The van der Waals surface area contributed by atoms with Crippen molar-refractivity contribution in [1.29, 1.82) is 0 Å². The molecule has 9 nitrogen and oxygen atoms in total. The van der Waals surface area contributed by atoms with Gasteiger partial charge in [-0.25, -0.2) is 16.8 Å². The van der Waals surface area contributed by atoms with E-state index in [-0.39, 0.29) is 30.5 Å². The van der Waals surface area contributed by atoms with Gasteiger partial charge in [0.2, 0.25) is 20.0 Å². The molecule has 0 atom stereocenters. The lowest BCUT2D eigenvalue weighted by Gasteiger charge is -2.22. The van der Waals surface area contributed by atoms with Crippen LogP contribution in [0.1, 0.15) is 28.8 Å². The first-order valence-corrected chi connectivity index (χ1v) is 15.6. The molecule has 4 rings (SSSR count). The van der Waals surface area contributed by atoms with Gasteiger partial charge in [-0.1, -0.05) is 30.3 Å². The third-order valence-corrected chi connectivity index (χ3v) is 9.22. The second-order valence-electron chi connectivity index (χ2n) is 8.99. The largest absolute Gasteiger partial charge is 0.492 e. The summed E-state index contributed by atoms with van der Waals surface area (Å²) in [7, 11) is -6.95. The number of nitrogens with zero attached hydrogens (tertiary/aromatic N) is 2. The molecule has 1 N–H and O–H groups in total. The molecule has 1 fully saturated rings. The van der Waals surface area contributed by atoms with Gasteiger partial charge in [-0.15, -0.1) is 0 Å². The first kappa shape index (κ1) is 27.6. The number of sulfonamides is 2. The zero-order valence-electron chi connectivity index (χ0n) is 21.1. The summed E-state index contributed by atoms with van der Waals surface area (Å²) >= 11 is 0. The second-order valence-corrected chi connectivity index (χ2v) is 12.8. The van der Waals surface area contributed by atoms with Crippen LogP contribution >= 0.6 is 0 Å². The van der Waals surface area contributed by atoms with Crippen LogP contribution in [0.15, 0.2) is 83.8 Å². The highest BCUT2D eigenvalue weighted by molar-refractivity contribution is 7.92. The van der Waals surface area contributed by atoms with Crippen LogP contribution in [0, 0.1) is 0 Å². The smallest absolute Gasteiger partial charge is 0.251 e. The van der Waals surface area contributed by atoms with E-state index in [9.17, 15) is 21.6 Å². The van der Waals surface area contributed by atoms with Crippen LogP contribution in [0.4, 0.5) is 5.69 Å². The Morgan fingerprint density at radius 3 is 2.13 bits per heavy atom. The van der Waals surface area contributed by atoms with Crippen LogP contribution in [0.5, 0.6) is 5.75 Å². The minimum atomic E-state index is -3.49. The minimum absolute atomic E-state index is 0.150. The number of rotatable bonds is 11. The SMILES string of the molecule is CS(=O)(=O)N(Cc1ccc(C(=O)NCCOc2ccc(S(=O)(=O)N3CCCC3)cc2)cc1)c1ccccc1. The molecule has 0 aliphatic carbocycles. The Morgan fingerprint density at radius 2 is 1.53 bits per heavy atom. The first-order chi connectivity index (χ1) is 18.1. The van der Waals surface area contributed by atoms with E-state index in [1.165, 1.54) is 20.7 Å². The topological polar surface area (TPSA) is 113 Å². The Kier molecular flexibility index (Phi) is 8.70. The maximum atomic E-state index is 12.6. The average Bonchev–Trinajstić information content (AvgIpc) is 3.46. The zero-order valence-corrected chi connectivity index (χ0v) is 22.7. The van der Waals surface area contributed by atoms with Crippen LogP contribution in [0.2, 0.25) is 0 Å². The van der Waals surface area contributed by atoms with Crippen LogP contribution in [-0.2, 0) is 26.6 Å². The van der Waals surface area contributed by atoms with Gasteiger partial charge in [-0.2, -0.15) is 4.31 Å². The van der Waals surface area contributed by atoms with Crippen molar-refractivity contribution in [2.45, 2.75) is 24.3 Å². The lowest BCUT2D eigenvalue weighted by molar-refractivity contribution is 0.0947. The summed E-state index contributed by atoms with van der Waals surface area (Å²) in [6.07, 6.45) is 2.92. The number of nitrogens with one attached hydrogen (secondary N) is 1. The van der Waals surface area contributed by atoms with Gasteiger partial charge in [0, 0.05) is 18.7 Å². The molecule has 1 amide bonds. The molecule has 0 unspecified atom stereocenters. The van der Waals surface area contributed by atoms with Crippen LogP contribution in [0.25, 0.3) is 0 Å². The number of carbonyl (C=O) groups excluding carboxylic acids is 1. The molecule has 1 aliphatic rings. The molecule has 202 valence electrons. The number of benzene rings is 3. The standard InChI is InChI=1S/C27H31N3O6S2/c1-37(32,33)30(24-7-3-2-4-8-24)21-22-9-11-23(12-10-22)27(31)28-17-20-36-25-13-15-26(16-14-25)38(34,35)29-18-5-6-19-29/h2-4,7-16H,5-6,17-21H2,1H3,(H,28,31). The number of hydrogen-bond donors (Lipinski definition) is 1. The van der Waals surface area contributed by atoms with E-state index in [0.29, 0.717) is 30.1 Å². The molecule has 38 heavy (non-hydrogen) atoms. The number of amides is 1. The molecule has 0 radical (unpaired) electrons. The number of hydrogen-bond acceptors (Lipinski definition) is 6. The Balaban J connectivity index is 1.26. The number of para-hydroxylation sites is 1. The van der Waals surface area contributed by atoms with Gasteiger partial charge < -0.3 is 10.1 Å². The van der Waals surface area contributed by atoms with Gasteiger partial charge in [0.05, 0.1) is 29.9 Å². The fraction of sp³-hybridized carbons (Fsp3) is 0.296. The number of ether oxygens (including phenoxy) is 1. The normalized spacial score (nSPS) is 14.2. The van der Waals surface area contributed by atoms with Gasteiger partial charge in [0.25, 0.3) is 5.91 Å². The maximum Gasteiger partial charge on any atom is 0.251 e. The van der Waals surface area contributed by atoms with E-state index in [4.69, 9.17) is 4.74 Å². The first-order valence-electron chi connectivity index (χ1n) is 12.3. The molecular formula is C27H31N3O6S2. The maximum absolute atomic E-state index is 12.6. The molecule has 0 bridgehead atoms. The van der Waals surface area contributed by atoms with Crippen molar-refractivity contribution in [3.63, 3.8) is 0 Å². The fourth-order valence-electron chi connectivity index (χ4n) is 4.14. The Hall–Kier alpha value is -3.41. The van der Waals surface area contributed by atoms with Gasteiger partial charge in [-0.05, 0) is 66.9 Å². The summed E-state index contributed by atoms with van der Waals surface area (Å²) in [6.45, 7) is 1.72. The highest BCUT2D eigenvalue weighted by Gasteiger charge is 2.27. The lowest BCUT2D eigenvalue weighted by atomic mass is 10.1. The third kappa shape index (κ3) is 6.91. The van der Waals surface area contributed by atoms with Crippen LogP contribution < -0.4 is 14.4 Å². The molecule has 0 saturated carbocycles. The van der Waals surface area contributed by atoms with Crippen molar-refractivity contribution in [2.75, 3.05) is 36.8 Å². The zero-order chi connectivity index (χ0) is 27.2. The van der Waals surface area contributed by atoms with Gasteiger partial charge in [-0.3, -0.25) is 9.10 Å². The number of anilines is 1.